The number of hydrogen-bond donors (Lipinski definition) is 2. The highest BCUT2D eigenvalue weighted by molar-refractivity contribution is 7.89. The topological polar surface area (TPSA) is 65.2 Å². The fourth-order valence-corrected chi connectivity index (χ4v) is 3.38. The molecule has 0 aliphatic carbocycles. The SMILES string of the molecule is CNCc1cc(S(=O)(=O)N2CC=C(C)CC2)c[nH]1. The van der Waals surface area contributed by atoms with E-state index in [9.17, 15) is 8.42 Å². The molecule has 2 rings (SSSR count). The third-order valence-corrected chi connectivity index (χ3v) is 4.96. The lowest BCUT2D eigenvalue weighted by Crippen LogP contribution is -2.34. The number of H-pyrrole nitrogens is 1. The highest BCUT2D eigenvalue weighted by Gasteiger charge is 2.26. The Morgan fingerprint density at radius 3 is 2.89 bits per heavy atom. The Morgan fingerprint density at radius 2 is 2.28 bits per heavy atom. The van der Waals surface area contributed by atoms with Crippen LogP contribution in [0.4, 0.5) is 0 Å². The lowest BCUT2D eigenvalue weighted by molar-refractivity contribution is 0.431. The van der Waals surface area contributed by atoms with Gasteiger partial charge in [0.2, 0.25) is 10.0 Å². The summed E-state index contributed by atoms with van der Waals surface area (Å²) in [5.74, 6) is 0. The summed E-state index contributed by atoms with van der Waals surface area (Å²) >= 11 is 0. The summed E-state index contributed by atoms with van der Waals surface area (Å²) in [4.78, 5) is 3.32. The normalized spacial score (nSPS) is 17.8. The van der Waals surface area contributed by atoms with Crippen LogP contribution < -0.4 is 5.32 Å². The first kappa shape index (κ1) is 13.3. The molecule has 0 amide bonds. The van der Waals surface area contributed by atoms with Crippen LogP contribution >= 0.6 is 0 Å². The van der Waals surface area contributed by atoms with Gasteiger partial charge in [-0.2, -0.15) is 4.31 Å². The van der Waals surface area contributed by atoms with Crippen LogP contribution in [-0.4, -0.2) is 37.8 Å². The molecule has 0 fully saturated rings. The molecule has 100 valence electrons. The van der Waals surface area contributed by atoms with Crippen LogP contribution in [0.25, 0.3) is 0 Å². The zero-order valence-electron chi connectivity index (χ0n) is 10.7. The molecule has 0 saturated carbocycles. The summed E-state index contributed by atoms with van der Waals surface area (Å²) in [6.45, 7) is 3.71. The molecule has 0 radical (unpaired) electrons. The molecule has 0 aromatic carbocycles. The van der Waals surface area contributed by atoms with Gasteiger partial charge in [0.1, 0.15) is 0 Å². The summed E-state index contributed by atoms with van der Waals surface area (Å²) in [7, 11) is -1.53. The molecular formula is C12H19N3O2S. The second kappa shape index (κ2) is 5.26. The van der Waals surface area contributed by atoms with Gasteiger partial charge in [0.25, 0.3) is 0 Å². The Labute approximate surface area is 108 Å². The Morgan fingerprint density at radius 1 is 1.50 bits per heavy atom. The van der Waals surface area contributed by atoms with Crippen molar-refractivity contribution in [2.45, 2.75) is 24.8 Å². The standard InChI is InChI=1S/C12H19N3O2S/c1-10-3-5-15(6-4-10)18(16,17)12-7-11(8-13-2)14-9-12/h3,7,9,13-14H,4-6,8H2,1-2H3. The van der Waals surface area contributed by atoms with Crippen molar-refractivity contribution in [1.29, 1.82) is 0 Å². The molecule has 0 saturated heterocycles. The minimum atomic E-state index is -3.35. The van der Waals surface area contributed by atoms with Crippen LogP contribution in [0.2, 0.25) is 0 Å². The van der Waals surface area contributed by atoms with Gasteiger partial charge < -0.3 is 10.3 Å². The van der Waals surface area contributed by atoms with E-state index in [1.807, 2.05) is 20.0 Å². The summed E-state index contributed by atoms with van der Waals surface area (Å²) in [6, 6.07) is 1.69. The highest BCUT2D eigenvalue weighted by atomic mass is 32.2. The second-order valence-electron chi connectivity index (χ2n) is 4.55. The van der Waals surface area contributed by atoms with Crippen LogP contribution in [0, 0.1) is 0 Å². The van der Waals surface area contributed by atoms with Gasteiger partial charge in [-0.05, 0) is 26.5 Å². The van der Waals surface area contributed by atoms with Gasteiger partial charge in [-0.15, -0.1) is 0 Å². The van der Waals surface area contributed by atoms with Gasteiger partial charge >= 0.3 is 0 Å². The minimum absolute atomic E-state index is 0.348. The van der Waals surface area contributed by atoms with Crippen molar-refractivity contribution >= 4 is 10.0 Å². The minimum Gasteiger partial charge on any atom is -0.363 e. The number of aromatic amines is 1. The monoisotopic (exact) mass is 269 g/mol. The predicted molar refractivity (Wildman–Crippen MR) is 70.7 cm³/mol. The summed E-state index contributed by atoms with van der Waals surface area (Å²) in [6.07, 6.45) is 4.35. The van der Waals surface area contributed by atoms with Gasteiger partial charge in [-0.25, -0.2) is 8.42 Å². The van der Waals surface area contributed by atoms with E-state index in [0.29, 0.717) is 24.5 Å². The van der Waals surface area contributed by atoms with Crippen LogP contribution in [0.3, 0.4) is 0 Å². The Balaban J connectivity index is 2.19. The average molecular weight is 269 g/mol. The third-order valence-electron chi connectivity index (χ3n) is 3.12. The smallest absolute Gasteiger partial charge is 0.244 e. The number of hydrogen-bond acceptors (Lipinski definition) is 3. The molecule has 2 N–H and O–H groups in total. The van der Waals surface area contributed by atoms with E-state index in [1.165, 1.54) is 9.88 Å². The number of nitrogens with zero attached hydrogens (tertiary/aromatic N) is 1. The van der Waals surface area contributed by atoms with Crippen molar-refractivity contribution in [1.82, 2.24) is 14.6 Å². The first-order valence-corrected chi connectivity index (χ1v) is 7.45. The number of rotatable bonds is 4. The van der Waals surface area contributed by atoms with Crippen LogP contribution in [-0.2, 0) is 16.6 Å². The molecule has 0 spiro atoms. The van der Waals surface area contributed by atoms with E-state index in [2.05, 4.69) is 10.3 Å². The maximum atomic E-state index is 12.4. The second-order valence-corrected chi connectivity index (χ2v) is 6.49. The van der Waals surface area contributed by atoms with Gasteiger partial charge in [0.15, 0.2) is 0 Å². The molecule has 0 atom stereocenters. The fourth-order valence-electron chi connectivity index (χ4n) is 1.98. The maximum Gasteiger partial charge on any atom is 0.244 e. The molecule has 0 bridgehead atoms. The first-order valence-electron chi connectivity index (χ1n) is 6.01. The van der Waals surface area contributed by atoms with Gasteiger partial charge in [0.05, 0.1) is 4.90 Å². The van der Waals surface area contributed by atoms with Crippen molar-refractivity contribution in [3.05, 3.63) is 29.6 Å². The Bertz CT molecular complexity index is 545. The predicted octanol–water partition coefficient (Wildman–Crippen LogP) is 1.07. The molecule has 1 aliphatic heterocycles. The number of nitrogens with one attached hydrogen (secondary N) is 2. The summed E-state index contributed by atoms with van der Waals surface area (Å²) in [5, 5.41) is 2.98. The van der Waals surface area contributed by atoms with Crippen molar-refractivity contribution in [2.75, 3.05) is 20.1 Å². The lowest BCUT2D eigenvalue weighted by Gasteiger charge is -2.24. The summed E-state index contributed by atoms with van der Waals surface area (Å²) in [5.41, 5.74) is 2.13. The maximum absolute atomic E-state index is 12.4. The molecule has 0 unspecified atom stereocenters. The summed E-state index contributed by atoms with van der Waals surface area (Å²) < 4.78 is 26.3. The Hall–Kier alpha value is -1.11. The van der Waals surface area contributed by atoms with Crippen molar-refractivity contribution < 1.29 is 8.42 Å². The molecule has 1 aromatic rings. The number of sulfonamides is 1. The largest absolute Gasteiger partial charge is 0.363 e. The molecule has 1 aliphatic rings. The number of aromatic nitrogens is 1. The van der Waals surface area contributed by atoms with E-state index in [0.717, 1.165) is 12.1 Å². The van der Waals surface area contributed by atoms with Crippen LogP contribution in [0.5, 0.6) is 0 Å². The zero-order valence-corrected chi connectivity index (χ0v) is 11.5. The molecule has 6 heteroatoms. The first-order chi connectivity index (χ1) is 8.54. The molecule has 1 aromatic heterocycles. The van der Waals surface area contributed by atoms with Crippen molar-refractivity contribution in [2.24, 2.45) is 0 Å². The highest BCUT2D eigenvalue weighted by Crippen LogP contribution is 2.20. The van der Waals surface area contributed by atoms with Crippen LogP contribution in [0.1, 0.15) is 19.0 Å². The van der Waals surface area contributed by atoms with Crippen molar-refractivity contribution in [3.63, 3.8) is 0 Å². The van der Waals surface area contributed by atoms with Crippen molar-refractivity contribution in [3.8, 4) is 0 Å². The van der Waals surface area contributed by atoms with E-state index in [4.69, 9.17) is 0 Å². The zero-order chi connectivity index (χ0) is 13.2. The van der Waals surface area contributed by atoms with E-state index < -0.39 is 10.0 Å². The quantitative estimate of drug-likeness (QED) is 0.804. The molecule has 2 heterocycles. The van der Waals surface area contributed by atoms with E-state index in [-0.39, 0.29) is 0 Å². The van der Waals surface area contributed by atoms with Gasteiger partial charge in [-0.3, -0.25) is 0 Å². The van der Waals surface area contributed by atoms with Gasteiger partial charge in [0, 0.05) is 31.5 Å². The molecule has 18 heavy (non-hydrogen) atoms. The van der Waals surface area contributed by atoms with E-state index >= 15 is 0 Å². The van der Waals surface area contributed by atoms with Crippen LogP contribution in [0.15, 0.2) is 28.8 Å². The van der Waals surface area contributed by atoms with E-state index in [1.54, 1.807) is 12.3 Å². The average Bonchev–Trinajstić information content (AvgIpc) is 2.79. The molecular weight excluding hydrogens is 250 g/mol. The van der Waals surface area contributed by atoms with Gasteiger partial charge in [-0.1, -0.05) is 11.6 Å². The molecule has 5 nitrogen and oxygen atoms in total. The fraction of sp³-hybridized carbons (Fsp3) is 0.500. The Kier molecular flexibility index (Phi) is 3.89. The third kappa shape index (κ3) is 2.66. The lowest BCUT2D eigenvalue weighted by atomic mass is 10.1.